The zero-order valence-electron chi connectivity index (χ0n) is 11.3. The highest BCUT2D eigenvalue weighted by Crippen LogP contribution is 2.18. The van der Waals surface area contributed by atoms with E-state index in [2.05, 4.69) is 5.32 Å². The standard InChI is InChI=1S/C13H20N2O4/c1-11-3-4-12(9-13(11)15(16)17)10-14-5-6-19-8-7-18-2/h3-4,9,14H,5-8,10H2,1-2H3. The maximum atomic E-state index is 10.8. The number of nitrogens with one attached hydrogen (secondary N) is 1. The molecule has 0 atom stereocenters. The van der Waals surface area contributed by atoms with Gasteiger partial charge in [-0.15, -0.1) is 0 Å². The van der Waals surface area contributed by atoms with Crippen LogP contribution in [0, 0.1) is 17.0 Å². The second kappa shape index (κ2) is 8.58. The molecule has 0 aromatic heterocycles. The fraction of sp³-hybridized carbons (Fsp3) is 0.538. The molecular formula is C13H20N2O4. The van der Waals surface area contributed by atoms with Crippen LogP contribution in [0.1, 0.15) is 11.1 Å². The Morgan fingerprint density at radius 1 is 1.32 bits per heavy atom. The minimum atomic E-state index is -0.354. The smallest absolute Gasteiger partial charge is 0.272 e. The molecule has 0 bridgehead atoms. The average molecular weight is 268 g/mol. The first-order valence-corrected chi connectivity index (χ1v) is 6.16. The summed E-state index contributed by atoms with van der Waals surface area (Å²) < 4.78 is 10.2. The number of nitrogens with zero attached hydrogens (tertiary/aromatic N) is 1. The van der Waals surface area contributed by atoms with Crippen LogP contribution in [0.3, 0.4) is 0 Å². The normalized spacial score (nSPS) is 10.6. The van der Waals surface area contributed by atoms with Gasteiger partial charge in [0, 0.05) is 31.8 Å². The molecule has 0 radical (unpaired) electrons. The van der Waals surface area contributed by atoms with Gasteiger partial charge in [-0.05, 0) is 12.5 Å². The molecular weight excluding hydrogens is 248 g/mol. The summed E-state index contributed by atoms with van der Waals surface area (Å²) >= 11 is 0. The number of nitro groups is 1. The largest absolute Gasteiger partial charge is 0.382 e. The third kappa shape index (κ3) is 5.78. The number of nitro benzene ring substituents is 1. The van der Waals surface area contributed by atoms with E-state index < -0.39 is 0 Å². The molecule has 0 saturated heterocycles. The SMILES string of the molecule is COCCOCCNCc1ccc(C)c([N+](=O)[O-])c1. The molecule has 6 heteroatoms. The first-order valence-electron chi connectivity index (χ1n) is 6.16. The molecule has 0 saturated carbocycles. The summed E-state index contributed by atoms with van der Waals surface area (Å²) in [7, 11) is 1.63. The van der Waals surface area contributed by atoms with Crippen molar-refractivity contribution in [3.63, 3.8) is 0 Å². The van der Waals surface area contributed by atoms with Gasteiger partial charge in [0.1, 0.15) is 0 Å². The van der Waals surface area contributed by atoms with Crippen LogP contribution in [0.5, 0.6) is 0 Å². The topological polar surface area (TPSA) is 73.6 Å². The Kier molecular flexibility index (Phi) is 7.02. The fourth-order valence-corrected chi connectivity index (χ4v) is 1.58. The molecule has 1 N–H and O–H groups in total. The number of aryl methyl sites for hydroxylation is 1. The van der Waals surface area contributed by atoms with Crippen LogP contribution in [-0.4, -0.2) is 38.4 Å². The number of methoxy groups -OCH3 is 1. The summed E-state index contributed by atoms with van der Waals surface area (Å²) in [5, 5.41) is 14.0. The van der Waals surface area contributed by atoms with E-state index >= 15 is 0 Å². The van der Waals surface area contributed by atoms with Crippen molar-refractivity contribution in [3.8, 4) is 0 Å². The van der Waals surface area contributed by atoms with Gasteiger partial charge in [-0.1, -0.05) is 12.1 Å². The third-order valence-corrected chi connectivity index (χ3v) is 2.65. The maximum absolute atomic E-state index is 10.8. The van der Waals surface area contributed by atoms with Crippen molar-refractivity contribution < 1.29 is 14.4 Å². The van der Waals surface area contributed by atoms with Crippen molar-refractivity contribution in [3.05, 3.63) is 39.4 Å². The number of hydrogen-bond donors (Lipinski definition) is 1. The van der Waals surface area contributed by atoms with E-state index in [1.54, 1.807) is 26.2 Å². The predicted molar refractivity (Wildman–Crippen MR) is 72.2 cm³/mol. The van der Waals surface area contributed by atoms with Crippen molar-refractivity contribution in [2.24, 2.45) is 0 Å². The Labute approximate surface area is 112 Å². The summed E-state index contributed by atoms with van der Waals surface area (Å²) in [5.74, 6) is 0. The van der Waals surface area contributed by atoms with Crippen molar-refractivity contribution in [2.75, 3.05) is 33.5 Å². The Bertz CT molecular complexity index is 410. The summed E-state index contributed by atoms with van der Waals surface area (Å²) in [6.07, 6.45) is 0. The quantitative estimate of drug-likeness (QED) is 0.419. The van der Waals surface area contributed by atoms with Crippen LogP contribution in [-0.2, 0) is 16.0 Å². The van der Waals surface area contributed by atoms with Crippen LogP contribution in [0.4, 0.5) is 5.69 Å². The lowest BCUT2D eigenvalue weighted by Gasteiger charge is -2.06. The highest BCUT2D eigenvalue weighted by atomic mass is 16.6. The van der Waals surface area contributed by atoms with Crippen LogP contribution in [0.25, 0.3) is 0 Å². The lowest BCUT2D eigenvalue weighted by atomic mass is 10.1. The number of ether oxygens (including phenoxy) is 2. The first kappa shape index (κ1) is 15.6. The molecule has 0 aliphatic carbocycles. The van der Waals surface area contributed by atoms with Gasteiger partial charge in [0.05, 0.1) is 24.7 Å². The van der Waals surface area contributed by atoms with Gasteiger partial charge in [-0.3, -0.25) is 10.1 Å². The zero-order chi connectivity index (χ0) is 14.1. The number of rotatable bonds is 9. The molecule has 106 valence electrons. The van der Waals surface area contributed by atoms with E-state index in [0.717, 1.165) is 5.56 Å². The van der Waals surface area contributed by atoms with E-state index in [1.165, 1.54) is 0 Å². The monoisotopic (exact) mass is 268 g/mol. The van der Waals surface area contributed by atoms with E-state index in [1.807, 2.05) is 6.07 Å². The fourth-order valence-electron chi connectivity index (χ4n) is 1.58. The lowest BCUT2D eigenvalue weighted by molar-refractivity contribution is -0.385. The van der Waals surface area contributed by atoms with Crippen LogP contribution < -0.4 is 5.32 Å². The molecule has 1 rings (SSSR count). The molecule has 0 unspecified atom stereocenters. The van der Waals surface area contributed by atoms with Gasteiger partial charge in [0.2, 0.25) is 0 Å². The van der Waals surface area contributed by atoms with Gasteiger partial charge >= 0.3 is 0 Å². The maximum Gasteiger partial charge on any atom is 0.272 e. The molecule has 6 nitrogen and oxygen atoms in total. The lowest BCUT2D eigenvalue weighted by Crippen LogP contribution is -2.20. The Hall–Kier alpha value is -1.50. The Balaban J connectivity index is 2.30. The van der Waals surface area contributed by atoms with E-state index in [9.17, 15) is 10.1 Å². The van der Waals surface area contributed by atoms with Crippen molar-refractivity contribution >= 4 is 5.69 Å². The van der Waals surface area contributed by atoms with E-state index in [-0.39, 0.29) is 10.6 Å². The average Bonchev–Trinajstić information content (AvgIpc) is 2.39. The predicted octanol–water partition coefficient (Wildman–Crippen LogP) is 1.66. The zero-order valence-corrected chi connectivity index (χ0v) is 11.3. The van der Waals surface area contributed by atoms with E-state index in [4.69, 9.17) is 9.47 Å². The summed E-state index contributed by atoms with van der Waals surface area (Å²) in [6, 6.07) is 5.26. The van der Waals surface area contributed by atoms with Gasteiger partial charge in [-0.25, -0.2) is 0 Å². The third-order valence-electron chi connectivity index (χ3n) is 2.65. The molecule has 1 aromatic carbocycles. The Morgan fingerprint density at radius 3 is 2.79 bits per heavy atom. The minimum absolute atomic E-state index is 0.163. The molecule has 1 aromatic rings. The molecule has 0 spiro atoms. The first-order chi connectivity index (χ1) is 9.15. The van der Waals surface area contributed by atoms with Gasteiger partial charge in [0.25, 0.3) is 5.69 Å². The Morgan fingerprint density at radius 2 is 2.11 bits per heavy atom. The molecule has 0 aliphatic heterocycles. The van der Waals surface area contributed by atoms with E-state index in [0.29, 0.717) is 38.5 Å². The van der Waals surface area contributed by atoms with Crippen molar-refractivity contribution in [1.82, 2.24) is 5.32 Å². The van der Waals surface area contributed by atoms with Crippen LogP contribution in [0.2, 0.25) is 0 Å². The van der Waals surface area contributed by atoms with Crippen LogP contribution in [0.15, 0.2) is 18.2 Å². The summed E-state index contributed by atoms with van der Waals surface area (Å²) in [4.78, 5) is 10.4. The summed E-state index contributed by atoms with van der Waals surface area (Å²) in [6.45, 7) is 4.79. The molecule has 19 heavy (non-hydrogen) atoms. The molecule has 0 heterocycles. The second-order valence-electron chi connectivity index (χ2n) is 4.16. The molecule has 0 aliphatic rings. The highest BCUT2D eigenvalue weighted by molar-refractivity contribution is 5.42. The van der Waals surface area contributed by atoms with Crippen molar-refractivity contribution in [1.29, 1.82) is 0 Å². The van der Waals surface area contributed by atoms with Gasteiger partial charge in [0.15, 0.2) is 0 Å². The van der Waals surface area contributed by atoms with Gasteiger partial charge < -0.3 is 14.8 Å². The highest BCUT2D eigenvalue weighted by Gasteiger charge is 2.10. The summed E-state index contributed by atoms with van der Waals surface area (Å²) in [5.41, 5.74) is 1.74. The number of benzene rings is 1. The second-order valence-corrected chi connectivity index (χ2v) is 4.16. The molecule has 0 fully saturated rings. The van der Waals surface area contributed by atoms with Crippen molar-refractivity contribution in [2.45, 2.75) is 13.5 Å². The molecule has 0 amide bonds. The van der Waals surface area contributed by atoms with Crippen LogP contribution >= 0.6 is 0 Å². The number of hydrogen-bond acceptors (Lipinski definition) is 5. The minimum Gasteiger partial charge on any atom is -0.382 e. The van der Waals surface area contributed by atoms with Gasteiger partial charge in [-0.2, -0.15) is 0 Å².